The molecular weight excluding hydrogens is 415 g/mol. The van der Waals surface area contributed by atoms with E-state index < -0.39 is 15.8 Å². The van der Waals surface area contributed by atoms with E-state index >= 15 is 0 Å². The van der Waals surface area contributed by atoms with E-state index in [2.05, 4.69) is 10.3 Å². The molecule has 0 spiro atoms. The first-order valence-electron chi connectivity index (χ1n) is 5.23. The SMILES string of the molecule is O=C(Nc1ncc([N+](=O)[O-])s1)c1cc(I)cc([N+](=O)[O-])c1. The van der Waals surface area contributed by atoms with Gasteiger partial charge in [-0.3, -0.25) is 30.3 Å². The predicted octanol–water partition coefficient (Wildman–Crippen LogP) is 2.82. The average Bonchev–Trinajstić information content (AvgIpc) is 2.86. The van der Waals surface area contributed by atoms with Crippen molar-refractivity contribution in [3.05, 3.63) is 53.8 Å². The molecule has 1 aromatic carbocycles. The highest BCUT2D eigenvalue weighted by molar-refractivity contribution is 14.1. The highest BCUT2D eigenvalue weighted by Crippen LogP contribution is 2.26. The van der Waals surface area contributed by atoms with Gasteiger partial charge in [0.2, 0.25) is 0 Å². The zero-order chi connectivity index (χ0) is 15.6. The number of aromatic nitrogens is 1. The number of carbonyl (C=O) groups excluding carboxylic acids is 1. The number of amides is 1. The average molecular weight is 420 g/mol. The Morgan fingerprint density at radius 3 is 2.52 bits per heavy atom. The summed E-state index contributed by atoms with van der Waals surface area (Å²) in [7, 11) is 0. The van der Waals surface area contributed by atoms with Crippen molar-refractivity contribution in [3.63, 3.8) is 0 Å². The zero-order valence-electron chi connectivity index (χ0n) is 9.98. The Kier molecular flexibility index (Phi) is 4.42. The third-order valence-electron chi connectivity index (χ3n) is 2.25. The van der Waals surface area contributed by atoms with Gasteiger partial charge in [-0.15, -0.1) is 0 Å². The van der Waals surface area contributed by atoms with Gasteiger partial charge in [0, 0.05) is 21.3 Å². The van der Waals surface area contributed by atoms with Crippen LogP contribution in [0.5, 0.6) is 0 Å². The minimum absolute atomic E-state index is 0.0493. The van der Waals surface area contributed by atoms with Crippen LogP contribution in [-0.4, -0.2) is 20.7 Å². The lowest BCUT2D eigenvalue weighted by atomic mass is 10.2. The van der Waals surface area contributed by atoms with Gasteiger partial charge in [0.25, 0.3) is 11.6 Å². The Hall–Kier alpha value is -2.15. The quantitative estimate of drug-likeness (QED) is 0.460. The fourth-order valence-corrected chi connectivity index (χ4v) is 2.67. The molecule has 1 N–H and O–H groups in total. The zero-order valence-corrected chi connectivity index (χ0v) is 13.0. The molecule has 0 aliphatic carbocycles. The lowest BCUT2D eigenvalue weighted by Gasteiger charge is -2.02. The monoisotopic (exact) mass is 420 g/mol. The van der Waals surface area contributed by atoms with Crippen molar-refractivity contribution in [2.75, 3.05) is 5.32 Å². The number of hydrogen-bond acceptors (Lipinski definition) is 7. The maximum Gasteiger partial charge on any atom is 0.345 e. The first-order valence-corrected chi connectivity index (χ1v) is 7.13. The van der Waals surface area contributed by atoms with Gasteiger partial charge in [-0.2, -0.15) is 0 Å². The van der Waals surface area contributed by atoms with E-state index in [1.807, 2.05) is 22.6 Å². The number of benzene rings is 1. The standard InChI is InChI=1S/C10H5IN4O5S/c11-6-1-5(2-7(3-6)14(17)18)9(16)13-10-12-4-8(21-10)15(19)20/h1-4H,(H,12,13,16). The Balaban J connectivity index is 2.23. The third-order valence-corrected chi connectivity index (χ3v) is 3.74. The molecule has 2 rings (SSSR count). The van der Waals surface area contributed by atoms with Crippen LogP contribution in [0.1, 0.15) is 10.4 Å². The summed E-state index contributed by atoms with van der Waals surface area (Å²) in [5.41, 5.74) is -0.136. The van der Waals surface area contributed by atoms with Crippen LogP contribution in [-0.2, 0) is 0 Å². The summed E-state index contributed by atoms with van der Waals surface area (Å²) < 4.78 is 0.525. The lowest BCUT2D eigenvalue weighted by molar-refractivity contribution is -0.385. The summed E-state index contributed by atoms with van der Waals surface area (Å²) in [6.45, 7) is 0. The van der Waals surface area contributed by atoms with Crippen LogP contribution in [0.4, 0.5) is 15.8 Å². The lowest BCUT2D eigenvalue weighted by Crippen LogP contribution is -2.12. The van der Waals surface area contributed by atoms with Crippen LogP contribution in [0.2, 0.25) is 0 Å². The van der Waals surface area contributed by atoms with Gasteiger partial charge in [-0.1, -0.05) is 0 Å². The van der Waals surface area contributed by atoms with E-state index in [0.717, 1.165) is 12.3 Å². The normalized spacial score (nSPS) is 10.1. The summed E-state index contributed by atoms with van der Waals surface area (Å²) in [5, 5.41) is 23.5. The molecule has 0 radical (unpaired) electrons. The molecule has 9 nitrogen and oxygen atoms in total. The van der Waals surface area contributed by atoms with Crippen molar-refractivity contribution in [2.24, 2.45) is 0 Å². The number of carbonyl (C=O) groups is 1. The smallest absolute Gasteiger partial charge is 0.298 e. The fourth-order valence-electron chi connectivity index (χ4n) is 1.39. The Bertz CT molecular complexity index is 747. The highest BCUT2D eigenvalue weighted by Gasteiger charge is 2.17. The first kappa shape index (κ1) is 15.2. The second-order valence-electron chi connectivity index (χ2n) is 3.67. The molecule has 0 aliphatic rings. The van der Waals surface area contributed by atoms with Gasteiger partial charge in [0.1, 0.15) is 6.20 Å². The number of non-ortho nitro benzene ring substituents is 1. The Morgan fingerprint density at radius 1 is 1.24 bits per heavy atom. The molecule has 0 unspecified atom stereocenters. The number of rotatable bonds is 4. The molecule has 2 aromatic rings. The summed E-state index contributed by atoms with van der Waals surface area (Å²) >= 11 is 2.56. The van der Waals surface area contributed by atoms with Gasteiger partial charge >= 0.3 is 5.00 Å². The van der Waals surface area contributed by atoms with Crippen LogP contribution in [0.15, 0.2) is 24.4 Å². The molecule has 108 valence electrons. The molecular formula is C10H5IN4O5S. The molecule has 11 heteroatoms. The summed E-state index contributed by atoms with van der Waals surface area (Å²) in [6, 6.07) is 3.91. The predicted molar refractivity (Wildman–Crippen MR) is 82.5 cm³/mol. The first-order chi connectivity index (χ1) is 9.86. The number of nitro groups is 2. The van der Waals surface area contributed by atoms with Crippen molar-refractivity contribution in [1.82, 2.24) is 4.98 Å². The number of nitro benzene ring substituents is 1. The van der Waals surface area contributed by atoms with E-state index in [9.17, 15) is 25.0 Å². The highest BCUT2D eigenvalue weighted by atomic mass is 127. The van der Waals surface area contributed by atoms with Crippen LogP contribution < -0.4 is 5.32 Å². The van der Waals surface area contributed by atoms with Crippen molar-refractivity contribution in [3.8, 4) is 0 Å². The Labute approximate surface area is 134 Å². The number of thiazole rings is 1. The van der Waals surface area contributed by atoms with Gasteiger partial charge < -0.3 is 0 Å². The number of hydrogen-bond donors (Lipinski definition) is 1. The molecule has 0 fully saturated rings. The number of nitrogens with zero attached hydrogens (tertiary/aromatic N) is 3. The maximum atomic E-state index is 12.0. The molecule has 21 heavy (non-hydrogen) atoms. The molecule has 1 heterocycles. The Morgan fingerprint density at radius 2 is 1.95 bits per heavy atom. The number of halogens is 1. The van der Waals surface area contributed by atoms with E-state index in [1.54, 1.807) is 0 Å². The van der Waals surface area contributed by atoms with E-state index in [-0.39, 0.29) is 21.4 Å². The van der Waals surface area contributed by atoms with Crippen molar-refractivity contribution < 1.29 is 14.6 Å². The molecule has 0 aliphatic heterocycles. The van der Waals surface area contributed by atoms with Crippen LogP contribution in [0.25, 0.3) is 0 Å². The minimum Gasteiger partial charge on any atom is -0.298 e. The molecule has 0 saturated carbocycles. The molecule has 1 aromatic heterocycles. The molecule has 0 saturated heterocycles. The minimum atomic E-state index is -0.624. The van der Waals surface area contributed by atoms with E-state index in [1.165, 1.54) is 12.1 Å². The second kappa shape index (κ2) is 6.09. The van der Waals surface area contributed by atoms with Gasteiger partial charge in [-0.05, 0) is 40.0 Å². The molecule has 0 atom stereocenters. The van der Waals surface area contributed by atoms with Gasteiger partial charge in [0.15, 0.2) is 5.13 Å². The van der Waals surface area contributed by atoms with Crippen molar-refractivity contribution in [2.45, 2.75) is 0 Å². The van der Waals surface area contributed by atoms with E-state index in [0.29, 0.717) is 14.9 Å². The van der Waals surface area contributed by atoms with Crippen LogP contribution >= 0.6 is 33.9 Å². The maximum absolute atomic E-state index is 12.0. The summed E-state index contributed by atoms with van der Waals surface area (Å²) in [5.74, 6) is -0.624. The van der Waals surface area contributed by atoms with Crippen molar-refractivity contribution in [1.29, 1.82) is 0 Å². The molecule has 1 amide bonds. The second-order valence-corrected chi connectivity index (χ2v) is 5.92. The number of nitrogens with one attached hydrogen (secondary N) is 1. The van der Waals surface area contributed by atoms with Gasteiger partial charge in [-0.25, -0.2) is 4.98 Å². The molecule has 0 bridgehead atoms. The van der Waals surface area contributed by atoms with Crippen LogP contribution in [0, 0.1) is 23.8 Å². The largest absolute Gasteiger partial charge is 0.345 e. The topological polar surface area (TPSA) is 128 Å². The van der Waals surface area contributed by atoms with Crippen molar-refractivity contribution >= 4 is 55.7 Å². The fraction of sp³-hybridized carbons (Fsp3) is 0. The summed E-state index contributed by atoms with van der Waals surface area (Å²) in [4.78, 5) is 35.7. The van der Waals surface area contributed by atoms with E-state index in [4.69, 9.17) is 0 Å². The third kappa shape index (κ3) is 3.69. The summed E-state index contributed by atoms with van der Waals surface area (Å²) in [6.07, 6.45) is 1.03. The number of anilines is 1. The van der Waals surface area contributed by atoms with Crippen LogP contribution in [0.3, 0.4) is 0 Å². The van der Waals surface area contributed by atoms with Gasteiger partial charge in [0.05, 0.1) is 9.85 Å².